The van der Waals surface area contributed by atoms with Gasteiger partial charge in [-0.2, -0.15) is 0 Å². The maximum absolute atomic E-state index is 12.8. The minimum Gasteiger partial charge on any atom is -0.343 e. The fourth-order valence-corrected chi connectivity index (χ4v) is 3.14. The summed E-state index contributed by atoms with van der Waals surface area (Å²) in [6, 6.07) is 0.220. The van der Waals surface area contributed by atoms with Gasteiger partial charge in [0.25, 0.3) is 0 Å². The van der Waals surface area contributed by atoms with E-state index in [9.17, 15) is 9.59 Å². The number of rotatable bonds is 6. The van der Waals surface area contributed by atoms with Crippen LogP contribution in [0.1, 0.15) is 53.4 Å². The Morgan fingerprint density at radius 1 is 1.22 bits per heavy atom. The van der Waals surface area contributed by atoms with E-state index >= 15 is 0 Å². The number of likely N-dealkylation sites (tertiary alicyclic amines) is 1. The van der Waals surface area contributed by atoms with Crippen LogP contribution >= 0.6 is 12.4 Å². The van der Waals surface area contributed by atoms with E-state index in [2.05, 4.69) is 0 Å². The van der Waals surface area contributed by atoms with Crippen molar-refractivity contribution in [1.29, 1.82) is 0 Å². The van der Waals surface area contributed by atoms with E-state index in [0.717, 1.165) is 25.7 Å². The maximum Gasteiger partial charge on any atom is 0.230 e. The molecule has 1 rings (SSSR count). The van der Waals surface area contributed by atoms with Crippen LogP contribution in [0.5, 0.6) is 0 Å². The van der Waals surface area contributed by atoms with Gasteiger partial charge in [0.2, 0.25) is 11.8 Å². The zero-order chi connectivity index (χ0) is 16.9. The summed E-state index contributed by atoms with van der Waals surface area (Å²) in [5.41, 5.74) is 5.45. The molecule has 5 nitrogen and oxygen atoms in total. The summed E-state index contributed by atoms with van der Waals surface area (Å²) < 4.78 is 0. The van der Waals surface area contributed by atoms with Crippen molar-refractivity contribution in [2.45, 2.75) is 59.4 Å². The Kier molecular flexibility index (Phi) is 9.14. The third-order valence-corrected chi connectivity index (χ3v) is 5.45. The second-order valence-electron chi connectivity index (χ2n) is 6.80. The van der Waals surface area contributed by atoms with Crippen LogP contribution in [0.15, 0.2) is 0 Å². The van der Waals surface area contributed by atoms with Crippen LogP contribution in [0.2, 0.25) is 0 Å². The normalized spacial score (nSPS) is 16.2. The number of carbonyl (C=O) groups is 2. The Bertz CT molecular complexity index is 381. The number of piperidine rings is 1. The summed E-state index contributed by atoms with van der Waals surface area (Å²) in [4.78, 5) is 28.9. The first-order valence-electron chi connectivity index (χ1n) is 8.59. The van der Waals surface area contributed by atoms with Crippen LogP contribution in [-0.2, 0) is 9.59 Å². The minimum atomic E-state index is -0.425. The Hall–Kier alpha value is -0.810. The molecule has 2 amide bonds. The molecule has 0 saturated carbocycles. The molecule has 6 heteroatoms. The molecule has 136 valence electrons. The van der Waals surface area contributed by atoms with Crippen molar-refractivity contribution in [2.75, 3.05) is 26.7 Å². The van der Waals surface area contributed by atoms with Gasteiger partial charge >= 0.3 is 0 Å². The van der Waals surface area contributed by atoms with E-state index in [1.807, 2.05) is 44.5 Å². The molecule has 0 aromatic heterocycles. The number of carbonyl (C=O) groups excluding carboxylic acids is 2. The fraction of sp³-hybridized carbons (Fsp3) is 0.882. The lowest BCUT2D eigenvalue weighted by molar-refractivity contribution is -0.147. The highest BCUT2D eigenvalue weighted by molar-refractivity contribution is 5.85. The average Bonchev–Trinajstić information content (AvgIpc) is 2.55. The number of hydrogen-bond acceptors (Lipinski definition) is 3. The van der Waals surface area contributed by atoms with Gasteiger partial charge < -0.3 is 15.5 Å². The van der Waals surface area contributed by atoms with Crippen molar-refractivity contribution in [3.8, 4) is 0 Å². The quantitative estimate of drug-likeness (QED) is 0.801. The van der Waals surface area contributed by atoms with Crippen molar-refractivity contribution in [3.63, 3.8) is 0 Å². The SMILES string of the molecule is CCC(CC)(CN)C(=O)N1CCC(C(=O)N(C)C(C)C)CC1.Cl. The number of hydrogen-bond donors (Lipinski definition) is 1. The molecule has 0 unspecified atom stereocenters. The average molecular weight is 348 g/mol. The van der Waals surface area contributed by atoms with Crippen LogP contribution in [0.4, 0.5) is 0 Å². The second-order valence-corrected chi connectivity index (χ2v) is 6.80. The number of nitrogens with zero attached hydrogens (tertiary/aromatic N) is 2. The molecule has 0 aromatic rings. The van der Waals surface area contributed by atoms with E-state index in [4.69, 9.17) is 5.73 Å². The molecule has 1 aliphatic rings. The third-order valence-electron chi connectivity index (χ3n) is 5.45. The molecule has 1 fully saturated rings. The molecular formula is C17H34ClN3O2. The lowest BCUT2D eigenvalue weighted by Gasteiger charge is -2.39. The molecule has 0 aromatic carbocycles. The second kappa shape index (κ2) is 9.48. The Morgan fingerprint density at radius 3 is 2.04 bits per heavy atom. The van der Waals surface area contributed by atoms with Gasteiger partial charge in [0.1, 0.15) is 0 Å². The van der Waals surface area contributed by atoms with Crippen LogP contribution in [-0.4, -0.2) is 54.3 Å². The molecule has 0 atom stereocenters. The first-order chi connectivity index (χ1) is 10.3. The lowest BCUT2D eigenvalue weighted by Crippen LogP contribution is -2.51. The molecule has 1 heterocycles. The molecule has 0 aliphatic carbocycles. The number of nitrogens with two attached hydrogens (primary N) is 1. The van der Waals surface area contributed by atoms with E-state index in [1.54, 1.807) is 0 Å². The van der Waals surface area contributed by atoms with Crippen molar-refractivity contribution >= 4 is 24.2 Å². The summed E-state index contributed by atoms with van der Waals surface area (Å²) in [5.74, 6) is 0.424. The van der Waals surface area contributed by atoms with Gasteiger partial charge in [-0.15, -0.1) is 12.4 Å². The lowest BCUT2D eigenvalue weighted by atomic mass is 9.80. The summed E-state index contributed by atoms with van der Waals surface area (Å²) >= 11 is 0. The zero-order valence-corrected chi connectivity index (χ0v) is 16.1. The van der Waals surface area contributed by atoms with Crippen LogP contribution in [0.25, 0.3) is 0 Å². The molecule has 0 radical (unpaired) electrons. The fourth-order valence-electron chi connectivity index (χ4n) is 3.14. The highest BCUT2D eigenvalue weighted by Crippen LogP contribution is 2.30. The molecule has 1 saturated heterocycles. The van der Waals surface area contributed by atoms with Crippen LogP contribution < -0.4 is 5.73 Å². The van der Waals surface area contributed by atoms with Crippen molar-refractivity contribution < 1.29 is 9.59 Å². The summed E-state index contributed by atoms with van der Waals surface area (Å²) in [6.45, 7) is 9.84. The molecular weight excluding hydrogens is 314 g/mol. The minimum absolute atomic E-state index is 0. The van der Waals surface area contributed by atoms with Gasteiger partial charge in [-0.25, -0.2) is 0 Å². The van der Waals surface area contributed by atoms with Crippen LogP contribution in [0.3, 0.4) is 0 Å². The van der Waals surface area contributed by atoms with Crippen molar-refractivity contribution in [2.24, 2.45) is 17.1 Å². The monoisotopic (exact) mass is 347 g/mol. The van der Waals surface area contributed by atoms with Crippen molar-refractivity contribution in [3.05, 3.63) is 0 Å². The third kappa shape index (κ3) is 4.83. The standard InChI is InChI=1S/C17H33N3O2.ClH/c1-6-17(7-2,12-18)16(22)20-10-8-14(9-11-20)15(21)19(5)13(3)4;/h13-14H,6-12,18H2,1-5H3;1H. The molecule has 2 N–H and O–H groups in total. The number of amides is 2. The molecule has 0 spiro atoms. The van der Waals surface area contributed by atoms with Gasteiger partial charge in [-0.1, -0.05) is 13.8 Å². The van der Waals surface area contributed by atoms with Gasteiger partial charge in [0, 0.05) is 38.6 Å². The summed E-state index contributed by atoms with van der Waals surface area (Å²) in [7, 11) is 1.86. The first kappa shape index (κ1) is 22.2. The number of halogens is 1. The van der Waals surface area contributed by atoms with Gasteiger partial charge in [0.05, 0.1) is 5.41 Å². The van der Waals surface area contributed by atoms with E-state index < -0.39 is 5.41 Å². The highest BCUT2D eigenvalue weighted by atomic mass is 35.5. The van der Waals surface area contributed by atoms with Crippen molar-refractivity contribution in [1.82, 2.24) is 9.80 Å². The van der Waals surface area contributed by atoms with Crippen LogP contribution in [0, 0.1) is 11.3 Å². The zero-order valence-electron chi connectivity index (χ0n) is 15.3. The topological polar surface area (TPSA) is 66.6 Å². The highest BCUT2D eigenvalue weighted by Gasteiger charge is 2.39. The molecule has 1 aliphatic heterocycles. The predicted octanol–water partition coefficient (Wildman–Crippen LogP) is 2.28. The summed E-state index contributed by atoms with van der Waals surface area (Å²) in [5, 5.41) is 0. The summed E-state index contributed by atoms with van der Waals surface area (Å²) in [6.07, 6.45) is 3.06. The van der Waals surface area contributed by atoms with E-state index in [0.29, 0.717) is 19.6 Å². The Labute approximate surface area is 147 Å². The van der Waals surface area contributed by atoms with Gasteiger partial charge in [0.15, 0.2) is 0 Å². The smallest absolute Gasteiger partial charge is 0.230 e. The molecule has 0 bridgehead atoms. The predicted molar refractivity (Wildman–Crippen MR) is 96.5 cm³/mol. The first-order valence-corrected chi connectivity index (χ1v) is 8.59. The Balaban J connectivity index is 0.00000484. The van der Waals surface area contributed by atoms with Gasteiger partial charge in [-0.3, -0.25) is 9.59 Å². The molecule has 23 heavy (non-hydrogen) atoms. The van der Waals surface area contributed by atoms with E-state index in [-0.39, 0.29) is 36.2 Å². The Morgan fingerprint density at radius 2 is 1.70 bits per heavy atom. The largest absolute Gasteiger partial charge is 0.343 e. The maximum atomic E-state index is 12.8. The van der Waals surface area contributed by atoms with E-state index in [1.165, 1.54) is 0 Å². The van der Waals surface area contributed by atoms with Gasteiger partial charge in [-0.05, 0) is 39.5 Å².